The van der Waals surface area contributed by atoms with Crippen molar-refractivity contribution < 1.29 is 9.53 Å². The average molecular weight is 247 g/mol. The predicted octanol–water partition coefficient (Wildman–Crippen LogP) is 3.14. The van der Waals surface area contributed by atoms with Gasteiger partial charge in [0.1, 0.15) is 0 Å². The van der Waals surface area contributed by atoms with Gasteiger partial charge in [-0.15, -0.1) is 0 Å². The highest BCUT2D eigenvalue weighted by molar-refractivity contribution is 5.93. The molecule has 0 aliphatic carbocycles. The summed E-state index contributed by atoms with van der Waals surface area (Å²) in [6.07, 6.45) is 1.59. The van der Waals surface area contributed by atoms with Crippen LogP contribution in [0.3, 0.4) is 0 Å². The van der Waals surface area contributed by atoms with Crippen molar-refractivity contribution in [3.05, 3.63) is 29.8 Å². The number of ether oxygens (including phenoxy) is 1. The highest BCUT2D eigenvalue weighted by Gasteiger charge is 2.32. The third-order valence-electron chi connectivity index (χ3n) is 3.47. The first-order valence-electron chi connectivity index (χ1n) is 6.48. The summed E-state index contributed by atoms with van der Waals surface area (Å²) in [7, 11) is 0. The Morgan fingerprint density at radius 3 is 2.78 bits per heavy atom. The lowest BCUT2D eigenvalue weighted by Gasteiger charge is -2.34. The van der Waals surface area contributed by atoms with Crippen LogP contribution < -0.4 is 5.32 Å². The molecule has 1 aromatic carbocycles. The van der Waals surface area contributed by atoms with Gasteiger partial charge in [-0.3, -0.25) is 4.79 Å². The molecule has 1 aliphatic heterocycles. The Morgan fingerprint density at radius 1 is 1.39 bits per heavy atom. The maximum atomic E-state index is 12.2. The molecule has 1 atom stereocenters. The molecule has 0 spiro atoms. The normalized spacial score (nSPS) is 22.5. The molecular weight excluding hydrogens is 226 g/mol. The maximum absolute atomic E-state index is 12.2. The van der Waals surface area contributed by atoms with E-state index in [4.69, 9.17) is 4.74 Å². The molecule has 1 N–H and O–H groups in total. The molecule has 0 radical (unpaired) electrons. The van der Waals surface area contributed by atoms with Crippen LogP contribution in [0.4, 0.5) is 5.69 Å². The fourth-order valence-corrected chi connectivity index (χ4v) is 2.40. The van der Waals surface area contributed by atoms with Crippen molar-refractivity contribution in [2.75, 3.05) is 11.9 Å². The first-order chi connectivity index (χ1) is 8.48. The van der Waals surface area contributed by atoms with Gasteiger partial charge in [0.15, 0.2) is 0 Å². The second kappa shape index (κ2) is 5.11. The van der Waals surface area contributed by atoms with Gasteiger partial charge in [0.25, 0.3) is 0 Å². The van der Waals surface area contributed by atoms with Gasteiger partial charge in [0, 0.05) is 18.2 Å². The lowest BCUT2D eigenvalue weighted by atomic mass is 9.87. The molecule has 1 saturated heterocycles. The van der Waals surface area contributed by atoms with Crippen molar-refractivity contribution in [2.45, 2.75) is 39.2 Å². The van der Waals surface area contributed by atoms with E-state index in [9.17, 15) is 4.79 Å². The van der Waals surface area contributed by atoms with Crippen LogP contribution >= 0.6 is 0 Å². The van der Waals surface area contributed by atoms with Gasteiger partial charge in [0.2, 0.25) is 5.91 Å². The summed E-state index contributed by atoms with van der Waals surface area (Å²) in [6.45, 7) is 6.75. The first kappa shape index (κ1) is 13.1. The van der Waals surface area contributed by atoms with E-state index in [1.807, 2.05) is 45.0 Å². The molecule has 0 aromatic heterocycles. The van der Waals surface area contributed by atoms with Crippen molar-refractivity contribution in [1.82, 2.24) is 0 Å². The smallest absolute Gasteiger partial charge is 0.227 e. The molecule has 1 amide bonds. The zero-order chi connectivity index (χ0) is 13.2. The van der Waals surface area contributed by atoms with Crippen LogP contribution in [0.15, 0.2) is 24.3 Å². The second-order valence-corrected chi connectivity index (χ2v) is 5.60. The molecule has 1 fully saturated rings. The molecule has 98 valence electrons. The maximum Gasteiger partial charge on any atom is 0.227 e. The molecule has 1 unspecified atom stereocenters. The molecular formula is C15H21NO2. The Bertz CT molecular complexity index is 440. The number of carbonyl (C=O) groups excluding carboxylic acids is 1. The topological polar surface area (TPSA) is 38.3 Å². The summed E-state index contributed by atoms with van der Waals surface area (Å²) < 4.78 is 5.64. The van der Waals surface area contributed by atoms with Gasteiger partial charge >= 0.3 is 0 Å². The molecule has 1 heterocycles. The fraction of sp³-hybridized carbons (Fsp3) is 0.533. The molecule has 0 saturated carbocycles. The number of amides is 1. The van der Waals surface area contributed by atoms with Crippen LogP contribution in [0.5, 0.6) is 0 Å². The molecule has 1 aliphatic rings. The lowest BCUT2D eigenvalue weighted by Crippen LogP contribution is -2.39. The van der Waals surface area contributed by atoms with Crippen molar-refractivity contribution in [3.8, 4) is 0 Å². The van der Waals surface area contributed by atoms with Gasteiger partial charge in [-0.25, -0.2) is 0 Å². The fourth-order valence-electron chi connectivity index (χ4n) is 2.40. The van der Waals surface area contributed by atoms with E-state index >= 15 is 0 Å². The average Bonchev–Trinajstić information content (AvgIpc) is 2.31. The minimum Gasteiger partial charge on any atom is -0.376 e. The van der Waals surface area contributed by atoms with Gasteiger partial charge in [-0.1, -0.05) is 18.2 Å². The standard InChI is InChI=1S/C15H21NO2/c1-11-6-4-5-7-13(11)16-14(17)12-8-9-18-15(2,3)10-12/h4-7,12H,8-10H2,1-3H3,(H,16,17). The minimum atomic E-state index is -0.189. The van der Waals surface area contributed by atoms with E-state index in [1.54, 1.807) is 0 Å². The summed E-state index contributed by atoms with van der Waals surface area (Å²) in [4.78, 5) is 12.2. The van der Waals surface area contributed by atoms with Gasteiger partial charge in [-0.2, -0.15) is 0 Å². The number of rotatable bonds is 2. The number of benzene rings is 1. The largest absolute Gasteiger partial charge is 0.376 e. The highest BCUT2D eigenvalue weighted by Crippen LogP contribution is 2.29. The quantitative estimate of drug-likeness (QED) is 0.872. The van der Waals surface area contributed by atoms with Gasteiger partial charge in [-0.05, 0) is 45.2 Å². The van der Waals surface area contributed by atoms with Crippen LogP contribution in [0.25, 0.3) is 0 Å². The van der Waals surface area contributed by atoms with Crippen molar-refractivity contribution in [3.63, 3.8) is 0 Å². The summed E-state index contributed by atoms with van der Waals surface area (Å²) in [5.41, 5.74) is 1.82. The Balaban J connectivity index is 2.02. The van der Waals surface area contributed by atoms with E-state index in [0.29, 0.717) is 6.61 Å². The molecule has 3 nitrogen and oxygen atoms in total. The minimum absolute atomic E-state index is 0.0494. The predicted molar refractivity (Wildman–Crippen MR) is 72.6 cm³/mol. The number of carbonyl (C=O) groups is 1. The van der Waals surface area contributed by atoms with Crippen LogP contribution in [-0.4, -0.2) is 18.1 Å². The van der Waals surface area contributed by atoms with Crippen LogP contribution in [0.1, 0.15) is 32.3 Å². The molecule has 3 heteroatoms. The van der Waals surface area contributed by atoms with Crippen molar-refractivity contribution in [2.24, 2.45) is 5.92 Å². The number of nitrogens with one attached hydrogen (secondary N) is 1. The van der Waals surface area contributed by atoms with Crippen LogP contribution in [-0.2, 0) is 9.53 Å². The molecule has 2 rings (SSSR count). The first-order valence-corrected chi connectivity index (χ1v) is 6.48. The summed E-state index contributed by atoms with van der Waals surface area (Å²) in [5, 5.41) is 3.02. The summed E-state index contributed by atoms with van der Waals surface area (Å²) in [5.74, 6) is 0.161. The van der Waals surface area contributed by atoms with E-state index in [-0.39, 0.29) is 17.4 Å². The number of aryl methyl sites for hydroxylation is 1. The summed E-state index contributed by atoms with van der Waals surface area (Å²) in [6, 6.07) is 7.86. The van der Waals surface area contributed by atoms with Crippen LogP contribution in [0.2, 0.25) is 0 Å². The van der Waals surface area contributed by atoms with Crippen molar-refractivity contribution >= 4 is 11.6 Å². The third kappa shape index (κ3) is 3.10. The zero-order valence-electron chi connectivity index (χ0n) is 11.3. The Hall–Kier alpha value is -1.35. The second-order valence-electron chi connectivity index (χ2n) is 5.60. The Morgan fingerprint density at radius 2 is 2.11 bits per heavy atom. The van der Waals surface area contributed by atoms with E-state index in [2.05, 4.69) is 5.32 Å². The number of anilines is 1. The lowest BCUT2D eigenvalue weighted by molar-refractivity contribution is -0.130. The zero-order valence-corrected chi connectivity index (χ0v) is 11.3. The number of hydrogen-bond acceptors (Lipinski definition) is 2. The molecule has 1 aromatic rings. The van der Waals surface area contributed by atoms with Gasteiger partial charge in [0.05, 0.1) is 5.60 Å². The Kier molecular flexibility index (Phi) is 3.71. The van der Waals surface area contributed by atoms with Crippen LogP contribution in [0, 0.1) is 12.8 Å². The monoisotopic (exact) mass is 247 g/mol. The van der Waals surface area contributed by atoms with Crippen molar-refractivity contribution in [1.29, 1.82) is 0 Å². The third-order valence-corrected chi connectivity index (χ3v) is 3.47. The van der Waals surface area contributed by atoms with E-state index in [0.717, 1.165) is 24.1 Å². The molecule has 18 heavy (non-hydrogen) atoms. The van der Waals surface area contributed by atoms with E-state index in [1.165, 1.54) is 0 Å². The number of para-hydroxylation sites is 1. The van der Waals surface area contributed by atoms with E-state index < -0.39 is 0 Å². The Labute approximate surface area is 109 Å². The SMILES string of the molecule is Cc1ccccc1NC(=O)C1CCOC(C)(C)C1. The summed E-state index contributed by atoms with van der Waals surface area (Å²) >= 11 is 0. The number of hydrogen-bond donors (Lipinski definition) is 1. The van der Waals surface area contributed by atoms with Gasteiger partial charge < -0.3 is 10.1 Å². The molecule has 0 bridgehead atoms. The highest BCUT2D eigenvalue weighted by atomic mass is 16.5.